The first kappa shape index (κ1) is 32.3. The van der Waals surface area contributed by atoms with E-state index in [1.54, 1.807) is 11.9 Å². The molecular formula is C33H45N5O7S. The van der Waals surface area contributed by atoms with Crippen molar-refractivity contribution in [1.29, 1.82) is 0 Å². The van der Waals surface area contributed by atoms with Gasteiger partial charge in [0.2, 0.25) is 21.8 Å². The zero-order chi connectivity index (χ0) is 32.5. The minimum absolute atomic E-state index is 0.107. The van der Waals surface area contributed by atoms with Crippen LogP contribution in [0.25, 0.3) is 0 Å². The molecule has 13 heteroatoms. The van der Waals surface area contributed by atoms with Crippen LogP contribution in [-0.4, -0.2) is 80.7 Å². The number of hydrogen-bond donors (Lipinski definition) is 3. The molecule has 1 saturated heterocycles. The Kier molecular flexibility index (Phi) is 9.31. The molecule has 6 rings (SSSR count). The molecule has 250 valence electrons. The van der Waals surface area contributed by atoms with Gasteiger partial charge in [-0.05, 0) is 82.8 Å². The smallest absolute Gasteiger partial charge is 0.411 e. The van der Waals surface area contributed by atoms with E-state index in [1.165, 1.54) is 6.42 Å². The number of ether oxygens (including phenoxy) is 1. The maximum absolute atomic E-state index is 13.9. The normalized spacial score (nSPS) is 31.1. The van der Waals surface area contributed by atoms with Gasteiger partial charge in [0.25, 0.3) is 5.91 Å². The summed E-state index contributed by atoms with van der Waals surface area (Å²) in [7, 11) is -2.11. The Morgan fingerprint density at radius 1 is 0.978 bits per heavy atom. The minimum Gasteiger partial charge on any atom is -0.446 e. The molecule has 2 aliphatic heterocycles. The molecule has 0 radical (unpaired) electrons. The van der Waals surface area contributed by atoms with E-state index >= 15 is 0 Å². The molecular weight excluding hydrogens is 610 g/mol. The molecule has 12 nitrogen and oxygen atoms in total. The molecule has 1 aromatic rings. The minimum atomic E-state index is -3.82. The SMILES string of the molecule is CN1CCCC/C=C/C2CC2(C(=O)NS(=O)(=O)C2CC2)NC(=O)C2CC(OC(=O)Nc3ccccc3N3CCCCC3)CC2C1=O. The molecule has 1 aromatic carbocycles. The van der Waals surface area contributed by atoms with Crippen molar-refractivity contribution in [3.63, 3.8) is 0 Å². The van der Waals surface area contributed by atoms with E-state index in [0.29, 0.717) is 25.1 Å². The molecule has 0 spiro atoms. The lowest BCUT2D eigenvalue weighted by molar-refractivity contribution is -0.140. The Morgan fingerprint density at radius 3 is 2.46 bits per heavy atom. The van der Waals surface area contributed by atoms with Gasteiger partial charge in [0.1, 0.15) is 11.6 Å². The van der Waals surface area contributed by atoms with Gasteiger partial charge in [-0.1, -0.05) is 24.3 Å². The lowest BCUT2D eigenvalue weighted by atomic mass is 9.93. The number of fused-ring (bicyclic) bond motifs is 2. The summed E-state index contributed by atoms with van der Waals surface area (Å²) in [5.41, 5.74) is 0.157. The van der Waals surface area contributed by atoms with Gasteiger partial charge >= 0.3 is 6.09 Å². The van der Waals surface area contributed by atoms with Crippen LogP contribution in [0.1, 0.15) is 70.6 Å². The van der Waals surface area contributed by atoms with Crippen molar-refractivity contribution >= 4 is 45.2 Å². The van der Waals surface area contributed by atoms with Gasteiger partial charge in [0.05, 0.1) is 28.5 Å². The Hall–Kier alpha value is -3.61. The second-order valence-electron chi connectivity index (χ2n) is 13.5. The predicted molar refractivity (Wildman–Crippen MR) is 172 cm³/mol. The number of carbonyl (C=O) groups excluding carboxylic acids is 4. The van der Waals surface area contributed by atoms with Crippen LogP contribution >= 0.6 is 0 Å². The van der Waals surface area contributed by atoms with Crippen molar-refractivity contribution in [2.45, 2.75) is 87.5 Å². The second-order valence-corrected chi connectivity index (χ2v) is 15.5. The fourth-order valence-electron chi connectivity index (χ4n) is 7.17. The number of rotatable bonds is 6. The number of benzene rings is 1. The zero-order valence-corrected chi connectivity index (χ0v) is 27.2. The summed E-state index contributed by atoms with van der Waals surface area (Å²) in [6, 6.07) is 7.59. The van der Waals surface area contributed by atoms with Crippen LogP contribution < -0.4 is 20.3 Å². The average Bonchev–Trinajstić information content (AvgIpc) is 3.96. The summed E-state index contributed by atoms with van der Waals surface area (Å²) in [6.07, 6.45) is 9.73. The van der Waals surface area contributed by atoms with Crippen LogP contribution in [0.15, 0.2) is 36.4 Å². The summed E-state index contributed by atoms with van der Waals surface area (Å²) >= 11 is 0. The fourth-order valence-corrected chi connectivity index (χ4v) is 8.54. The van der Waals surface area contributed by atoms with Crippen LogP contribution in [0.4, 0.5) is 16.2 Å². The zero-order valence-electron chi connectivity index (χ0n) is 26.4. The lowest BCUT2D eigenvalue weighted by Gasteiger charge is -2.30. The van der Waals surface area contributed by atoms with E-state index in [1.807, 2.05) is 36.4 Å². The molecule has 4 amide bonds. The third kappa shape index (κ3) is 7.03. The third-order valence-electron chi connectivity index (χ3n) is 10.1. The Balaban J connectivity index is 1.18. The number of sulfonamides is 1. The lowest BCUT2D eigenvalue weighted by Crippen LogP contribution is -2.54. The number of carbonyl (C=O) groups is 4. The van der Waals surface area contributed by atoms with Crippen molar-refractivity contribution in [3.05, 3.63) is 36.4 Å². The first-order valence-electron chi connectivity index (χ1n) is 16.7. The Morgan fingerprint density at radius 2 is 1.70 bits per heavy atom. The molecule has 46 heavy (non-hydrogen) atoms. The Bertz CT molecular complexity index is 1490. The second kappa shape index (κ2) is 13.2. The molecule has 5 atom stereocenters. The quantitative estimate of drug-likeness (QED) is 0.395. The van der Waals surface area contributed by atoms with Crippen LogP contribution in [0.2, 0.25) is 0 Å². The van der Waals surface area contributed by atoms with Gasteiger partial charge in [0.15, 0.2) is 0 Å². The van der Waals surface area contributed by atoms with Crippen LogP contribution in [0, 0.1) is 17.8 Å². The fraction of sp³-hybridized carbons (Fsp3) is 0.636. The molecule has 3 aliphatic carbocycles. The van der Waals surface area contributed by atoms with Gasteiger partial charge in [-0.25, -0.2) is 13.2 Å². The standard InChI is InChI=1S/C33H45N5O7S/c1-37-16-8-3-2-5-11-22-21-33(22,31(41)36-46(43,44)24-14-15-24)35-29(39)25-19-23(20-26(25)30(37)40)45-32(42)34-27-12-6-7-13-28(27)38-17-9-4-10-18-38/h5-7,11-13,22-26H,2-4,8-10,14-21H2,1H3,(H,34,42)(H,35,39)(H,36,41)/b11-5+. The van der Waals surface area contributed by atoms with Gasteiger partial charge in [-0.15, -0.1) is 0 Å². The van der Waals surface area contributed by atoms with Gasteiger partial charge in [-0.2, -0.15) is 0 Å². The topological polar surface area (TPSA) is 154 Å². The van der Waals surface area contributed by atoms with Crippen molar-refractivity contribution in [2.75, 3.05) is 36.9 Å². The highest BCUT2D eigenvalue weighted by molar-refractivity contribution is 7.91. The van der Waals surface area contributed by atoms with Gasteiger partial charge in [-0.3, -0.25) is 24.4 Å². The van der Waals surface area contributed by atoms with Crippen molar-refractivity contribution in [1.82, 2.24) is 14.9 Å². The van der Waals surface area contributed by atoms with E-state index in [-0.39, 0.29) is 31.1 Å². The van der Waals surface area contributed by atoms with Gasteiger partial charge < -0.3 is 19.9 Å². The first-order chi connectivity index (χ1) is 22.1. The maximum atomic E-state index is 13.9. The highest BCUT2D eigenvalue weighted by atomic mass is 32.2. The summed E-state index contributed by atoms with van der Waals surface area (Å²) in [6.45, 7) is 2.35. The Labute approximate surface area is 270 Å². The molecule has 3 saturated carbocycles. The number of nitrogens with zero attached hydrogens (tertiary/aromatic N) is 2. The molecule has 5 unspecified atom stereocenters. The van der Waals surface area contributed by atoms with Crippen LogP contribution in [-0.2, 0) is 29.1 Å². The predicted octanol–water partition coefficient (Wildman–Crippen LogP) is 3.30. The molecule has 4 fully saturated rings. The van der Waals surface area contributed by atoms with E-state index in [9.17, 15) is 27.6 Å². The number of hydrogen-bond acceptors (Lipinski definition) is 8. The van der Waals surface area contributed by atoms with E-state index in [4.69, 9.17) is 4.74 Å². The highest BCUT2D eigenvalue weighted by Crippen LogP contribution is 2.47. The molecule has 3 N–H and O–H groups in total. The maximum Gasteiger partial charge on any atom is 0.411 e. The molecule has 0 bridgehead atoms. The number of amides is 4. The summed E-state index contributed by atoms with van der Waals surface area (Å²) in [4.78, 5) is 58.1. The van der Waals surface area contributed by atoms with Gasteiger partial charge in [0, 0.05) is 32.6 Å². The number of allylic oxidation sites excluding steroid dienone is 1. The number of nitrogens with one attached hydrogen (secondary N) is 3. The van der Waals surface area contributed by atoms with Crippen LogP contribution in [0.3, 0.4) is 0 Å². The monoisotopic (exact) mass is 655 g/mol. The van der Waals surface area contributed by atoms with Crippen molar-refractivity contribution < 1.29 is 32.3 Å². The molecule has 5 aliphatic rings. The largest absolute Gasteiger partial charge is 0.446 e. The molecule has 2 heterocycles. The summed E-state index contributed by atoms with van der Waals surface area (Å²) in [5.74, 6) is -3.44. The molecule has 0 aromatic heterocycles. The first-order valence-corrected chi connectivity index (χ1v) is 18.2. The summed E-state index contributed by atoms with van der Waals surface area (Å²) in [5, 5.41) is 5.16. The van der Waals surface area contributed by atoms with E-state index < -0.39 is 56.7 Å². The number of anilines is 2. The van der Waals surface area contributed by atoms with E-state index in [2.05, 4.69) is 20.3 Å². The van der Waals surface area contributed by atoms with Crippen molar-refractivity contribution in [2.24, 2.45) is 17.8 Å². The van der Waals surface area contributed by atoms with Crippen LogP contribution in [0.5, 0.6) is 0 Å². The third-order valence-corrected chi connectivity index (χ3v) is 11.9. The highest BCUT2D eigenvalue weighted by Gasteiger charge is 2.62. The number of para-hydroxylation sites is 2. The average molecular weight is 656 g/mol. The van der Waals surface area contributed by atoms with Crippen molar-refractivity contribution in [3.8, 4) is 0 Å². The number of piperidine rings is 1. The van der Waals surface area contributed by atoms with E-state index in [0.717, 1.165) is 50.9 Å². The summed E-state index contributed by atoms with van der Waals surface area (Å²) < 4.78 is 33.3.